The van der Waals surface area contributed by atoms with Crippen LogP contribution < -0.4 is 0 Å². The summed E-state index contributed by atoms with van der Waals surface area (Å²) < 4.78 is 20.2. The average Bonchev–Trinajstić information content (AvgIpc) is 3.32. The first-order valence-corrected chi connectivity index (χ1v) is 8.61. The molecule has 0 saturated carbocycles. The van der Waals surface area contributed by atoms with Gasteiger partial charge in [-0.25, -0.2) is 14.1 Å². The van der Waals surface area contributed by atoms with Crippen LogP contribution in [-0.4, -0.2) is 35.2 Å². The van der Waals surface area contributed by atoms with E-state index in [0.717, 1.165) is 11.3 Å². The van der Waals surface area contributed by atoms with Crippen molar-refractivity contribution in [3.63, 3.8) is 0 Å². The Labute approximate surface area is 151 Å². The van der Waals surface area contributed by atoms with E-state index in [4.69, 9.17) is 4.42 Å². The molecule has 4 rings (SSSR count). The Kier molecular flexibility index (Phi) is 4.65. The summed E-state index contributed by atoms with van der Waals surface area (Å²) in [5.74, 6) is 0.594. The summed E-state index contributed by atoms with van der Waals surface area (Å²) in [4.78, 5) is 8.08. The van der Waals surface area contributed by atoms with Crippen molar-refractivity contribution in [1.29, 1.82) is 0 Å². The van der Waals surface area contributed by atoms with Gasteiger partial charge in [0.05, 0.1) is 18.4 Å². The van der Waals surface area contributed by atoms with E-state index in [-0.39, 0.29) is 5.82 Å². The molecule has 10 heteroatoms. The number of benzene rings is 1. The third-order valence-corrected chi connectivity index (χ3v) is 4.23. The Morgan fingerprint density at radius 3 is 2.77 bits per heavy atom. The minimum Gasteiger partial charge on any atom is -0.410 e. The van der Waals surface area contributed by atoms with E-state index in [2.05, 4.69) is 30.5 Å². The van der Waals surface area contributed by atoms with Crippen molar-refractivity contribution in [1.82, 2.24) is 35.2 Å². The molecule has 0 N–H and O–H groups in total. The van der Waals surface area contributed by atoms with Gasteiger partial charge in [-0.2, -0.15) is 0 Å². The van der Waals surface area contributed by atoms with Crippen LogP contribution in [0, 0.1) is 5.82 Å². The molecule has 3 aromatic heterocycles. The Morgan fingerprint density at radius 1 is 1.08 bits per heavy atom. The second kappa shape index (κ2) is 7.40. The lowest BCUT2D eigenvalue weighted by molar-refractivity contribution is 0.464. The van der Waals surface area contributed by atoms with Crippen molar-refractivity contribution in [3.05, 3.63) is 66.1 Å². The second-order valence-electron chi connectivity index (χ2n) is 5.29. The maximum Gasteiger partial charge on any atom is 0.277 e. The standard InChI is InChI=1S/C16H12FN7OS/c17-12-3-1-11(2-4-12)8-24-9-13(20-23-24)10-26-16-22-21-15(25-16)14-7-18-5-6-19-14/h1-7,9H,8,10H2. The van der Waals surface area contributed by atoms with Crippen LogP contribution in [0.2, 0.25) is 0 Å². The topological polar surface area (TPSA) is 95.4 Å². The monoisotopic (exact) mass is 369 g/mol. The summed E-state index contributed by atoms with van der Waals surface area (Å²) in [7, 11) is 0. The van der Waals surface area contributed by atoms with Crippen molar-refractivity contribution in [2.24, 2.45) is 0 Å². The quantitative estimate of drug-likeness (QED) is 0.479. The van der Waals surface area contributed by atoms with Crippen LogP contribution in [0.3, 0.4) is 0 Å². The minimum absolute atomic E-state index is 0.259. The highest BCUT2D eigenvalue weighted by molar-refractivity contribution is 7.98. The molecule has 0 saturated heterocycles. The minimum atomic E-state index is -0.259. The second-order valence-corrected chi connectivity index (χ2v) is 6.21. The molecule has 0 aliphatic carbocycles. The van der Waals surface area contributed by atoms with E-state index in [9.17, 15) is 4.39 Å². The summed E-state index contributed by atoms with van der Waals surface area (Å²) in [6.07, 6.45) is 6.52. The fourth-order valence-electron chi connectivity index (χ4n) is 2.18. The maximum absolute atomic E-state index is 12.9. The maximum atomic E-state index is 12.9. The summed E-state index contributed by atoms with van der Waals surface area (Å²) in [6, 6.07) is 6.29. The van der Waals surface area contributed by atoms with Gasteiger partial charge < -0.3 is 4.42 Å². The lowest BCUT2D eigenvalue weighted by Gasteiger charge is -2.00. The number of rotatable bonds is 6. The highest BCUT2D eigenvalue weighted by Crippen LogP contribution is 2.23. The Balaban J connectivity index is 1.36. The summed E-state index contributed by atoms with van der Waals surface area (Å²) >= 11 is 1.36. The highest BCUT2D eigenvalue weighted by atomic mass is 32.2. The SMILES string of the molecule is Fc1ccc(Cn2cc(CSc3nnc(-c4cnccn4)o3)nn2)cc1. The van der Waals surface area contributed by atoms with Crippen LogP contribution >= 0.6 is 11.8 Å². The van der Waals surface area contributed by atoms with E-state index in [1.54, 1.807) is 35.4 Å². The molecule has 8 nitrogen and oxygen atoms in total. The van der Waals surface area contributed by atoms with Crippen molar-refractivity contribution in [3.8, 4) is 11.6 Å². The lowest BCUT2D eigenvalue weighted by atomic mass is 10.2. The number of hydrogen-bond acceptors (Lipinski definition) is 8. The number of thioether (sulfide) groups is 1. The van der Waals surface area contributed by atoms with Gasteiger partial charge in [0.15, 0.2) is 0 Å². The highest BCUT2D eigenvalue weighted by Gasteiger charge is 2.11. The molecule has 0 aliphatic rings. The molecule has 4 aromatic rings. The van der Waals surface area contributed by atoms with Crippen LogP contribution in [0.1, 0.15) is 11.3 Å². The van der Waals surface area contributed by atoms with E-state index in [0.29, 0.717) is 29.1 Å². The Hall–Kier alpha value is -3.14. The van der Waals surface area contributed by atoms with Gasteiger partial charge in [0.25, 0.3) is 11.1 Å². The van der Waals surface area contributed by atoms with Crippen LogP contribution in [0.15, 0.2) is 58.7 Å². The molecule has 0 spiro atoms. The first-order chi connectivity index (χ1) is 12.8. The number of nitrogens with zero attached hydrogens (tertiary/aromatic N) is 7. The van der Waals surface area contributed by atoms with Crippen LogP contribution in [0.5, 0.6) is 0 Å². The van der Waals surface area contributed by atoms with E-state index >= 15 is 0 Å². The van der Waals surface area contributed by atoms with Crippen LogP contribution in [0.25, 0.3) is 11.6 Å². The van der Waals surface area contributed by atoms with Crippen molar-refractivity contribution in [2.45, 2.75) is 17.5 Å². The molecule has 0 bridgehead atoms. The Bertz CT molecular complexity index is 987. The molecular weight excluding hydrogens is 357 g/mol. The summed E-state index contributed by atoms with van der Waals surface area (Å²) in [6.45, 7) is 0.523. The summed E-state index contributed by atoms with van der Waals surface area (Å²) in [5.41, 5.74) is 2.24. The molecule has 0 amide bonds. The van der Waals surface area contributed by atoms with E-state index in [1.807, 2.05) is 6.20 Å². The largest absolute Gasteiger partial charge is 0.410 e. The molecule has 130 valence electrons. The number of hydrogen-bond donors (Lipinski definition) is 0. The Morgan fingerprint density at radius 2 is 1.96 bits per heavy atom. The smallest absolute Gasteiger partial charge is 0.277 e. The van der Waals surface area contributed by atoms with Gasteiger partial charge in [0.2, 0.25) is 0 Å². The van der Waals surface area contributed by atoms with Gasteiger partial charge in [-0.1, -0.05) is 29.1 Å². The summed E-state index contributed by atoms with van der Waals surface area (Å²) in [5, 5.41) is 16.5. The fraction of sp³-hybridized carbons (Fsp3) is 0.125. The first kappa shape index (κ1) is 16.3. The average molecular weight is 369 g/mol. The van der Waals surface area contributed by atoms with Crippen molar-refractivity contribution in [2.75, 3.05) is 0 Å². The molecule has 1 aromatic carbocycles. The van der Waals surface area contributed by atoms with Gasteiger partial charge in [0, 0.05) is 24.3 Å². The van der Waals surface area contributed by atoms with Gasteiger partial charge >= 0.3 is 0 Å². The van der Waals surface area contributed by atoms with Crippen LogP contribution in [0.4, 0.5) is 4.39 Å². The number of halogens is 1. The van der Waals surface area contributed by atoms with Crippen LogP contribution in [-0.2, 0) is 12.3 Å². The van der Waals surface area contributed by atoms with E-state index in [1.165, 1.54) is 23.9 Å². The zero-order valence-electron chi connectivity index (χ0n) is 13.4. The van der Waals surface area contributed by atoms with Gasteiger partial charge in [-0.3, -0.25) is 4.98 Å². The number of aromatic nitrogens is 7. The molecule has 0 atom stereocenters. The molecule has 0 aliphatic heterocycles. The van der Waals surface area contributed by atoms with Crippen molar-refractivity contribution >= 4 is 11.8 Å². The fourth-order valence-corrected chi connectivity index (χ4v) is 2.82. The first-order valence-electron chi connectivity index (χ1n) is 7.62. The van der Waals surface area contributed by atoms with E-state index < -0.39 is 0 Å². The molecule has 3 heterocycles. The zero-order chi connectivity index (χ0) is 17.8. The predicted molar refractivity (Wildman–Crippen MR) is 90.4 cm³/mol. The molecular formula is C16H12FN7OS. The molecule has 0 radical (unpaired) electrons. The van der Waals surface area contributed by atoms with Gasteiger partial charge in [-0.15, -0.1) is 15.3 Å². The lowest BCUT2D eigenvalue weighted by Crippen LogP contribution is -2.00. The zero-order valence-corrected chi connectivity index (χ0v) is 14.2. The predicted octanol–water partition coefficient (Wildman–Crippen LogP) is 2.60. The van der Waals surface area contributed by atoms with Crippen molar-refractivity contribution < 1.29 is 8.81 Å². The third kappa shape index (κ3) is 3.91. The van der Waals surface area contributed by atoms with Gasteiger partial charge in [-0.05, 0) is 17.7 Å². The molecule has 0 fully saturated rings. The molecule has 26 heavy (non-hydrogen) atoms. The third-order valence-electron chi connectivity index (χ3n) is 3.38. The molecule has 0 unspecified atom stereocenters. The normalized spacial score (nSPS) is 11.0. The van der Waals surface area contributed by atoms with Gasteiger partial charge in [0.1, 0.15) is 11.5 Å².